The van der Waals surface area contributed by atoms with Gasteiger partial charge in [-0.05, 0) is 18.6 Å². The Bertz CT molecular complexity index is 590. The molecule has 0 bridgehead atoms. The van der Waals surface area contributed by atoms with Gasteiger partial charge in [0.05, 0.1) is 11.2 Å². The number of rotatable bonds is 9. The lowest BCUT2D eigenvalue weighted by molar-refractivity contribution is -0.116. The van der Waals surface area contributed by atoms with Gasteiger partial charge < -0.3 is 5.32 Å². The summed E-state index contributed by atoms with van der Waals surface area (Å²) in [5.74, 6) is 0.0895. The number of benzene rings is 1. The fourth-order valence-electron chi connectivity index (χ4n) is 2.66. The average Bonchev–Trinajstić information content (AvgIpc) is 2.54. The maximum Gasteiger partial charge on any atom is 0.224 e. The molecule has 3 nitrogen and oxygen atoms in total. The van der Waals surface area contributed by atoms with Crippen LogP contribution in [0.4, 0.5) is 5.69 Å². The molecule has 3 heteroatoms. The minimum Gasteiger partial charge on any atom is -0.324 e. The van der Waals surface area contributed by atoms with Crippen LogP contribution in [0.2, 0.25) is 0 Å². The number of aromatic nitrogens is 1. The molecule has 0 radical (unpaired) electrons. The average molecular weight is 298 g/mol. The van der Waals surface area contributed by atoms with Crippen molar-refractivity contribution in [2.75, 3.05) is 5.32 Å². The van der Waals surface area contributed by atoms with Crippen LogP contribution in [0.25, 0.3) is 10.9 Å². The number of carbonyl (C=O) groups excluding carboxylic acids is 1. The van der Waals surface area contributed by atoms with Crippen LogP contribution in [-0.2, 0) is 4.79 Å². The molecular formula is C19H26N2O. The Morgan fingerprint density at radius 1 is 1.00 bits per heavy atom. The van der Waals surface area contributed by atoms with Crippen molar-refractivity contribution in [3.63, 3.8) is 0 Å². The number of hydrogen-bond acceptors (Lipinski definition) is 2. The van der Waals surface area contributed by atoms with Crippen molar-refractivity contribution >= 4 is 22.5 Å². The van der Waals surface area contributed by atoms with E-state index in [2.05, 4.69) is 17.2 Å². The third kappa shape index (κ3) is 5.14. The van der Waals surface area contributed by atoms with Crippen LogP contribution >= 0.6 is 0 Å². The van der Waals surface area contributed by atoms with Crippen molar-refractivity contribution in [2.24, 2.45) is 0 Å². The number of nitrogens with zero attached hydrogens (tertiary/aromatic N) is 1. The molecule has 0 spiro atoms. The van der Waals surface area contributed by atoms with E-state index in [1.807, 2.05) is 30.3 Å². The summed E-state index contributed by atoms with van der Waals surface area (Å²) in [6, 6.07) is 9.79. The van der Waals surface area contributed by atoms with Crippen LogP contribution in [0.15, 0.2) is 36.5 Å². The molecule has 0 aliphatic carbocycles. The highest BCUT2D eigenvalue weighted by Crippen LogP contribution is 2.21. The highest BCUT2D eigenvalue weighted by Gasteiger charge is 2.06. The molecule has 1 heterocycles. The lowest BCUT2D eigenvalue weighted by Crippen LogP contribution is -2.11. The van der Waals surface area contributed by atoms with E-state index in [4.69, 9.17) is 0 Å². The van der Waals surface area contributed by atoms with Gasteiger partial charge in [-0.2, -0.15) is 0 Å². The third-order valence-corrected chi connectivity index (χ3v) is 3.91. The van der Waals surface area contributed by atoms with Gasteiger partial charge >= 0.3 is 0 Å². The van der Waals surface area contributed by atoms with Crippen LogP contribution < -0.4 is 5.32 Å². The molecule has 2 aromatic rings. The van der Waals surface area contributed by atoms with E-state index in [-0.39, 0.29) is 5.91 Å². The van der Waals surface area contributed by atoms with Crippen molar-refractivity contribution in [3.05, 3.63) is 36.5 Å². The molecule has 1 amide bonds. The zero-order valence-corrected chi connectivity index (χ0v) is 13.5. The van der Waals surface area contributed by atoms with Gasteiger partial charge in [-0.3, -0.25) is 9.78 Å². The number of amides is 1. The van der Waals surface area contributed by atoms with E-state index >= 15 is 0 Å². The molecule has 118 valence electrons. The molecular weight excluding hydrogens is 272 g/mol. The van der Waals surface area contributed by atoms with Gasteiger partial charge in [0.1, 0.15) is 0 Å². The summed E-state index contributed by atoms with van der Waals surface area (Å²) in [7, 11) is 0. The fourth-order valence-corrected chi connectivity index (χ4v) is 2.66. The Hall–Kier alpha value is -1.90. The Balaban J connectivity index is 1.75. The zero-order chi connectivity index (χ0) is 15.6. The molecule has 0 aliphatic rings. The van der Waals surface area contributed by atoms with Gasteiger partial charge in [0.15, 0.2) is 0 Å². The molecule has 2 rings (SSSR count). The second kappa shape index (κ2) is 9.19. The summed E-state index contributed by atoms with van der Waals surface area (Å²) in [6.07, 6.45) is 10.9. The van der Waals surface area contributed by atoms with Gasteiger partial charge in [-0.25, -0.2) is 0 Å². The van der Waals surface area contributed by atoms with Crippen LogP contribution in [0.1, 0.15) is 58.3 Å². The second-order valence-corrected chi connectivity index (χ2v) is 5.80. The number of fused-ring (bicyclic) bond motifs is 1. The Morgan fingerprint density at radius 2 is 1.73 bits per heavy atom. The van der Waals surface area contributed by atoms with E-state index in [9.17, 15) is 4.79 Å². The number of carbonyl (C=O) groups is 1. The van der Waals surface area contributed by atoms with Crippen molar-refractivity contribution in [1.82, 2.24) is 4.98 Å². The molecule has 0 aliphatic heterocycles. The topological polar surface area (TPSA) is 42.0 Å². The Labute approximate surface area is 133 Å². The van der Waals surface area contributed by atoms with Crippen molar-refractivity contribution < 1.29 is 4.79 Å². The van der Waals surface area contributed by atoms with Crippen LogP contribution in [0.5, 0.6) is 0 Å². The highest BCUT2D eigenvalue weighted by molar-refractivity contribution is 6.00. The first-order chi connectivity index (χ1) is 10.8. The predicted molar refractivity (Wildman–Crippen MR) is 93.0 cm³/mol. The number of para-hydroxylation sites is 1. The maximum absolute atomic E-state index is 12.1. The molecule has 1 aromatic heterocycles. The largest absolute Gasteiger partial charge is 0.324 e. The van der Waals surface area contributed by atoms with Crippen molar-refractivity contribution in [2.45, 2.75) is 58.3 Å². The first-order valence-electron chi connectivity index (χ1n) is 8.45. The van der Waals surface area contributed by atoms with Gasteiger partial charge in [-0.15, -0.1) is 0 Å². The molecule has 0 saturated carbocycles. The monoisotopic (exact) mass is 298 g/mol. The summed E-state index contributed by atoms with van der Waals surface area (Å²) < 4.78 is 0. The summed E-state index contributed by atoms with van der Waals surface area (Å²) in [6.45, 7) is 2.23. The summed E-state index contributed by atoms with van der Waals surface area (Å²) >= 11 is 0. The van der Waals surface area contributed by atoms with Crippen LogP contribution in [0, 0.1) is 0 Å². The van der Waals surface area contributed by atoms with Gasteiger partial charge in [0.25, 0.3) is 0 Å². The van der Waals surface area contributed by atoms with E-state index < -0.39 is 0 Å². The van der Waals surface area contributed by atoms with Gasteiger partial charge in [0.2, 0.25) is 5.91 Å². The minimum absolute atomic E-state index is 0.0895. The van der Waals surface area contributed by atoms with E-state index in [0.29, 0.717) is 6.42 Å². The quantitative estimate of drug-likeness (QED) is 0.637. The summed E-state index contributed by atoms with van der Waals surface area (Å²) in [5, 5.41) is 4.05. The molecule has 0 fully saturated rings. The normalized spacial score (nSPS) is 10.8. The third-order valence-electron chi connectivity index (χ3n) is 3.91. The predicted octanol–water partition coefficient (Wildman–Crippen LogP) is 5.31. The lowest BCUT2D eigenvalue weighted by Gasteiger charge is -2.08. The highest BCUT2D eigenvalue weighted by atomic mass is 16.1. The van der Waals surface area contributed by atoms with E-state index in [0.717, 1.165) is 29.4 Å². The smallest absolute Gasteiger partial charge is 0.224 e. The maximum atomic E-state index is 12.1. The van der Waals surface area contributed by atoms with Crippen LogP contribution in [0.3, 0.4) is 0 Å². The second-order valence-electron chi connectivity index (χ2n) is 5.80. The van der Waals surface area contributed by atoms with Crippen molar-refractivity contribution in [3.8, 4) is 0 Å². The zero-order valence-electron chi connectivity index (χ0n) is 13.5. The standard InChI is InChI=1S/C19H26N2O/c1-2-3-4-5-6-7-8-14-18(22)21-17-13-9-11-16-12-10-15-20-19(16)17/h9-13,15H,2-8,14H2,1H3,(H,21,22). The Kier molecular flexibility index (Phi) is 6.88. The lowest BCUT2D eigenvalue weighted by atomic mass is 10.1. The molecule has 22 heavy (non-hydrogen) atoms. The molecule has 0 saturated heterocycles. The van der Waals surface area contributed by atoms with Crippen LogP contribution in [-0.4, -0.2) is 10.9 Å². The molecule has 1 N–H and O–H groups in total. The molecule has 1 aromatic carbocycles. The number of unbranched alkanes of at least 4 members (excludes halogenated alkanes) is 6. The summed E-state index contributed by atoms with van der Waals surface area (Å²) in [5.41, 5.74) is 1.67. The first kappa shape index (κ1) is 16.5. The first-order valence-corrected chi connectivity index (χ1v) is 8.45. The minimum atomic E-state index is 0.0895. The van der Waals surface area contributed by atoms with Gasteiger partial charge in [-0.1, -0.05) is 63.6 Å². The van der Waals surface area contributed by atoms with Gasteiger partial charge in [0, 0.05) is 18.0 Å². The molecule has 0 unspecified atom stereocenters. The SMILES string of the molecule is CCCCCCCCCC(=O)Nc1cccc2cccnc12. The van der Waals surface area contributed by atoms with E-state index in [1.165, 1.54) is 32.1 Å². The number of hydrogen-bond donors (Lipinski definition) is 1. The fraction of sp³-hybridized carbons (Fsp3) is 0.474. The van der Waals surface area contributed by atoms with Crippen molar-refractivity contribution in [1.29, 1.82) is 0 Å². The molecule has 0 atom stereocenters. The Morgan fingerprint density at radius 3 is 2.55 bits per heavy atom. The number of anilines is 1. The summed E-state index contributed by atoms with van der Waals surface area (Å²) in [4.78, 5) is 16.4. The number of nitrogens with one attached hydrogen (secondary N) is 1. The number of pyridine rings is 1. The van der Waals surface area contributed by atoms with E-state index in [1.54, 1.807) is 6.20 Å².